The van der Waals surface area contributed by atoms with Crippen molar-refractivity contribution in [3.63, 3.8) is 0 Å². The SMILES string of the molecule is CCCCNC(=O)NCCCCSc1ncnc2nc[nH]c12. The number of aromatic nitrogens is 4. The molecule has 0 atom stereocenters. The fourth-order valence-electron chi connectivity index (χ4n) is 1.89. The Labute approximate surface area is 134 Å². The zero-order valence-corrected chi connectivity index (χ0v) is 13.6. The number of urea groups is 1. The Balaban J connectivity index is 1.58. The first-order valence-corrected chi connectivity index (χ1v) is 8.58. The average molecular weight is 322 g/mol. The lowest BCUT2D eigenvalue weighted by Gasteiger charge is -2.06. The molecule has 0 aliphatic rings. The van der Waals surface area contributed by atoms with Crippen molar-refractivity contribution in [3.05, 3.63) is 12.7 Å². The molecule has 0 fully saturated rings. The van der Waals surface area contributed by atoms with Crippen molar-refractivity contribution in [3.8, 4) is 0 Å². The van der Waals surface area contributed by atoms with Gasteiger partial charge in [-0.05, 0) is 25.0 Å². The zero-order chi connectivity index (χ0) is 15.6. The second-order valence-electron chi connectivity index (χ2n) is 4.87. The van der Waals surface area contributed by atoms with Crippen molar-refractivity contribution in [2.24, 2.45) is 0 Å². The number of fused-ring (bicyclic) bond motifs is 1. The number of H-pyrrole nitrogens is 1. The van der Waals surface area contributed by atoms with Crippen molar-refractivity contribution in [1.82, 2.24) is 30.6 Å². The van der Waals surface area contributed by atoms with Crippen LogP contribution in [0.5, 0.6) is 0 Å². The highest BCUT2D eigenvalue weighted by atomic mass is 32.2. The summed E-state index contributed by atoms with van der Waals surface area (Å²) in [5.41, 5.74) is 1.59. The van der Waals surface area contributed by atoms with E-state index in [1.807, 2.05) is 0 Å². The molecular weight excluding hydrogens is 300 g/mol. The van der Waals surface area contributed by atoms with Gasteiger partial charge in [-0.1, -0.05) is 13.3 Å². The second-order valence-corrected chi connectivity index (χ2v) is 5.96. The van der Waals surface area contributed by atoms with Crippen molar-refractivity contribution < 1.29 is 4.79 Å². The number of carbonyl (C=O) groups excluding carboxylic acids is 1. The van der Waals surface area contributed by atoms with Crippen molar-refractivity contribution in [2.75, 3.05) is 18.8 Å². The molecule has 0 bridgehead atoms. The van der Waals surface area contributed by atoms with Gasteiger partial charge in [-0.15, -0.1) is 11.8 Å². The molecule has 2 heterocycles. The van der Waals surface area contributed by atoms with Crippen LogP contribution in [0, 0.1) is 0 Å². The van der Waals surface area contributed by atoms with E-state index in [1.165, 1.54) is 6.33 Å². The summed E-state index contributed by atoms with van der Waals surface area (Å²) in [5, 5.41) is 6.62. The predicted octanol–water partition coefficient (Wildman–Crippen LogP) is 2.32. The van der Waals surface area contributed by atoms with Crippen LogP contribution in [0.1, 0.15) is 32.6 Å². The summed E-state index contributed by atoms with van der Waals surface area (Å²) < 4.78 is 0. The van der Waals surface area contributed by atoms with E-state index in [4.69, 9.17) is 0 Å². The minimum Gasteiger partial charge on any atom is -0.341 e. The zero-order valence-electron chi connectivity index (χ0n) is 12.8. The molecule has 2 aromatic rings. The van der Waals surface area contributed by atoms with Crippen LogP contribution in [0.2, 0.25) is 0 Å². The Hall–Kier alpha value is -1.83. The maximum atomic E-state index is 11.4. The minimum absolute atomic E-state index is 0.0731. The summed E-state index contributed by atoms with van der Waals surface area (Å²) in [6, 6.07) is -0.0731. The summed E-state index contributed by atoms with van der Waals surface area (Å²) in [5.74, 6) is 0.949. The van der Waals surface area contributed by atoms with Gasteiger partial charge in [0.15, 0.2) is 5.65 Å². The van der Waals surface area contributed by atoms with Crippen LogP contribution in [-0.4, -0.2) is 44.8 Å². The van der Waals surface area contributed by atoms with Crippen LogP contribution in [0.25, 0.3) is 11.2 Å². The third-order valence-corrected chi connectivity index (χ3v) is 4.18. The summed E-state index contributed by atoms with van der Waals surface area (Å²) in [7, 11) is 0. The number of nitrogens with zero attached hydrogens (tertiary/aromatic N) is 3. The Kier molecular flexibility index (Phi) is 6.95. The van der Waals surface area contributed by atoms with E-state index >= 15 is 0 Å². The standard InChI is InChI=1S/C14H22N6OS/c1-2-3-6-15-14(21)16-7-4-5-8-22-13-11-12(18-9-17-11)19-10-20-13/h9-10H,2-8H2,1H3,(H2,15,16,21)(H,17,18,19,20). The molecule has 2 aromatic heterocycles. The van der Waals surface area contributed by atoms with Crippen molar-refractivity contribution in [2.45, 2.75) is 37.6 Å². The van der Waals surface area contributed by atoms with Crippen LogP contribution in [0.15, 0.2) is 17.7 Å². The highest BCUT2D eigenvalue weighted by molar-refractivity contribution is 7.99. The van der Waals surface area contributed by atoms with E-state index in [2.05, 4.69) is 37.5 Å². The maximum absolute atomic E-state index is 11.4. The molecule has 8 heteroatoms. The van der Waals surface area contributed by atoms with E-state index in [-0.39, 0.29) is 6.03 Å². The van der Waals surface area contributed by atoms with Gasteiger partial charge in [-0.2, -0.15) is 0 Å². The van der Waals surface area contributed by atoms with Gasteiger partial charge < -0.3 is 15.6 Å². The number of hydrogen-bond acceptors (Lipinski definition) is 5. The highest BCUT2D eigenvalue weighted by Crippen LogP contribution is 2.22. The number of imidazole rings is 1. The fraction of sp³-hybridized carbons (Fsp3) is 0.571. The third-order valence-electron chi connectivity index (χ3n) is 3.10. The van der Waals surface area contributed by atoms with E-state index in [0.717, 1.165) is 48.5 Å². The lowest BCUT2D eigenvalue weighted by molar-refractivity contribution is 0.240. The molecule has 0 aliphatic heterocycles. The molecule has 2 rings (SSSR count). The smallest absolute Gasteiger partial charge is 0.314 e. The first-order valence-electron chi connectivity index (χ1n) is 7.60. The van der Waals surface area contributed by atoms with E-state index in [0.29, 0.717) is 12.2 Å². The van der Waals surface area contributed by atoms with Gasteiger partial charge in [0.25, 0.3) is 0 Å². The Morgan fingerprint density at radius 3 is 2.82 bits per heavy atom. The first kappa shape index (κ1) is 16.5. The monoisotopic (exact) mass is 322 g/mol. The van der Waals surface area contributed by atoms with E-state index in [9.17, 15) is 4.79 Å². The van der Waals surface area contributed by atoms with Crippen molar-refractivity contribution >= 4 is 29.0 Å². The Bertz CT molecular complexity index is 587. The summed E-state index contributed by atoms with van der Waals surface area (Å²) in [6.45, 7) is 3.54. The Morgan fingerprint density at radius 1 is 1.18 bits per heavy atom. The number of amides is 2. The van der Waals surface area contributed by atoms with Gasteiger partial charge in [0.1, 0.15) is 16.9 Å². The molecule has 0 radical (unpaired) electrons. The predicted molar refractivity (Wildman–Crippen MR) is 88.0 cm³/mol. The normalized spacial score (nSPS) is 10.8. The third kappa shape index (κ3) is 5.18. The molecule has 7 nitrogen and oxygen atoms in total. The molecule has 120 valence electrons. The molecule has 0 aromatic carbocycles. The van der Waals surface area contributed by atoms with Gasteiger partial charge in [0, 0.05) is 13.1 Å². The van der Waals surface area contributed by atoms with E-state index < -0.39 is 0 Å². The van der Waals surface area contributed by atoms with Gasteiger partial charge in [0.2, 0.25) is 0 Å². The molecule has 0 aliphatic carbocycles. The minimum atomic E-state index is -0.0731. The van der Waals surface area contributed by atoms with Crippen molar-refractivity contribution in [1.29, 1.82) is 0 Å². The molecule has 0 saturated carbocycles. The molecule has 2 amide bonds. The topological polar surface area (TPSA) is 95.6 Å². The number of rotatable bonds is 9. The second kappa shape index (κ2) is 9.24. The molecular formula is C14H22N6OS. The van der Waals surface area contributed by atoms with Crippen LogP contribution in [-0.2, 0) is 0 Å². The molecule has 0 saturated heterocycles. The average Bonchev–Trinajstić information content (AvgIpc) is 3.00. The van der Waals surface area contributed by atoms with Crippen LogP contribution in [0.4, 0.5) is 4.79 Å². The summed E-state index contributed by atoms with van der Waals surface area (Å²) in [6.07, 6.45) is 7.23. The first-order chi connectivity index (χ1) is 10.8. The summed E-state index contributed by atoms with van der Waals surface area (Å²) >= 11 is 1.68. The molecule has 3 N–H and O–H groups in total. The van der Waals surface area contributed by atoms with Gasteiger partial charge in [0.05, 0.1) is 6.33 Å². The molecule has 0 spiro atoms. The summed E-state index contributed by atoms with van der Waals surface area (Å²) in [4.78, 5) is 27.0. The van der Waals surface area contributed by atoms with Crippen LogP contribution in [0.3, 0.4) is 0 Å². The number of hydrogen-bond donors (Lipinski definition) is 3. The number of unbranched alkanes of at least 4 members (excludes halogenated alkanes) is 2. The quantitative estimate of drug-likeness (QED) is 0.374. The van der Waals surface area contributed by atoms with Gasteiger partial charge in [-0.25, -0.2) is 19.7 Å². The number of thioether (sulfide) groups is 1. The van der Waals surface area contributed by atoms with Crippen LogP contribution >= 0.6 is 11.8 Å². The number of carbonyl (C=O) groups is 1. The molecule has 0 unspecified atom stereocenters. The molecule has 22 heavy (non-hydrogen) atoms. The lowest BCUT2D eigenvalue weighted by Crippen LogP contribution is -2.36. The Morgan fingerprint density at radius 2 is 2.00 bits per heavy atom. The maximum Gasteiger partial charge on any atom is 0.314 e. The number of aromatic amines is 1. The fourth-order valence-corrected chi connectivity index (χ4v) is 2.85. The van der Waals surface area contributed by atoms with Gasteiger partial charge in [-0.3, -0.25) is 0 Å². The van der Waals surface area contributed by atoms with E-state index in [1.54, 1.807) is 18.1 Å². The van der Waals surface area contributed by atoms with Crippen LogP contribution < -0.4 is 10.6 Å². The highest BCUT2D eigenvalue weighted by Gasteiger charge is 2.05. The largest absolute Gasteiger partial charge is 0.341 e. The number of nitrogens with one attached hydrogen (secondary N) is 3. The van der Waals surface area contributed by atoms with Gasteiger partial charge >= 0.3 is 6.03 Å². The lowest BCUT2D eigenvalue weighted by atomic mass is 10.3.